The van der Waals surface area contributed by atoms with E-state index < -0.39 is 35.8 Å². The van der Waals surface area contributed by atoms with Crippen molar-refractivity contribution in [2.75, 3.05) is 0 Å². The van der Waals surface area contributed by atoms with Gasteiger partial charge in [-0.05, 0) is 18.2 Å². The first-order valence-corrected chi connectivity index (χ1v) is 6.74. The number of nitrogens with zero attached hydrogens (tertiary/aromatic N) is 1. The van der Waals surface area contributed by atoms with Crippen molar-refractivity contribution in [2.45, 2.75) is 9.79 Å². The first-order valence-electron chi connectivity index (χ1n) is 3.86. The topological polar surface area (TPSA) is 120 Å². The zero-order valence-corrected chi connectivity index (χ0v) is 9.12. The Morgan fingerprint density at radius 2 is 1.62 bits per heavy atom. The van der Waals surface area contributed by atoms with E-state index in [1.165, 1.54) is 0 Å². The van der Waals surface area contributed by atoms with Crippen LogP contribution in [0, 0.1) is 0 Å². The maximum Gasteiger partial charge on any atom is 0.335 e. The summed E-state index contributed by atoms with van der Waals surface area (Å²) < 4.78 is 47.8. The van der Waals surface area contributed by atoms with Crippen molar-refractivity contribution in [3.05, 3.63) is 27.9 Å². The molecule has 86 valence electrons. The molecule has 7 nitrogen and oxygen atoms in total. The lowest BCUT2D eigenvalue weighted by atomic mass is 10.2. The zero-order chi connectivity index (χ0) is 12.1. The summed E-state index contributed by atoms with van der Waals surface area (Å²) in [5.41, 5.74) is -0.311. The van der Waals surface area contributed by atoms with Gasteiger partial charge in [0, 0.05) is 0 Å². The molecule has 2 rings (SSSR count). The molecule has 0 spiro atoms. The molecule has 0 aliphatic carbocycles. The molecular weight excluding hydrogens is 258 g/mol. The van der Waals surface area contributed by atoms with Crippen LogP contribution in [-0.4, -0.2) is 27.9 Å². The number of aromatic carboxylic acids is 1. The summed E-state index contributed by atoms with van der Waals surface area (Å²) in [6.07, 6.45) is 0. The first kappa shape index (κ1) is 11.0. The van der Waals surface area contributed by atoms with Crippen LogP contribution >= 0.6 is 0 Å². The molecule has 0 saturated carbocycles. The van der Waals surface area contributed by atoms with E-state index in [0.717, 1.165) is 18.2 Å². The molecule has 0 amide bonds. The van der Waals surface area contributed by atoms with Crippen molar-refractivity contribution in [1.29, 1.82) is 0 Å². The molecule has 16 heavy (non-hydrogen) atoms. The van der Waals surface area contributed by atoms with Gasteiger partial charge < -0.3 is 9.23 Å². The Kier molecular flexibility index (Phi) is 2.09. The highest BCUT2D eigenvalue weighted by molar-refractivity contribution is 8.14. The minimum atomic E-state index is -4.30. The number of sulfonamides is 2. The lowest BCUT2D eigenvalue weighted by Crippen LogP contribution is -1.99. The molecule has 0 bridgehead atoms. The van der Waals surface area contributed by atoms with Crippen molar-refractivity contribution < 1.29 is 26.7 Å². The molecule has 0 atom stereocenters. The fourth-order valence-corrected chi connectivity index (χ4v) is 4.72. The highest BCUT2D eigenvalue weighted by atomic mass is 32.3. The molecule has 1 heterocycles. The summed E-state index contributed by atoms with van der Waals surface area (Å²) >= 11 is 0. The van der Waals surface area contributed by atoms with Gasteiger partial charge in [0.2, 0.25) is 0 Å². The van der Waals surface area contributed by atoms with Crippen molar-refractivity contribution in [3.63, 3.8) is 0 Å². The van der Waals surface area contributed by atoms with Crippen LogP contribution in [0.5, 0.6) is 0 Å². The van der Waals surface area contributed by atoms with E-state index in [-0.39, 0.29) is 5.56 Å². The van der Waals surface area contributed by atoms with Crippen LogP contribution in [0.25, 0.3) is 4.13 Å². The molecule has 1 N–H and O–H groups in total. The largest absolute Gasteiger partial charge is 0.478 e. The average Bonchev–Trinajstić information content (AvgIpc) is 2.32. The van der Waals surface area contributed by atoms with Gasteiger partial charge in [0.1, 0.15) is 20.0 Å². The number of carboxylic acid groups (broad SMARTS) is 1. The van der Waals surface area contributed by atoms with Gasteiger partial charge in [-0.2, -0.15) is 0 Å². The fourth-order valence-electron chi connectivity index (χ4n) is 1.27. The lowest BCUT2D eigenvalue weighted by molar-refractivity contribution is 0.0696. The Hall–Kier alpha value is -1.45. The van der Waals surface area contributed by atoms with E-state index in [1.54, 1.807) is 0 Å². The second-order valence-electron chi connectivity index (χ2n) is 2.99. The third-order valence-corrected chi connectivity index (χ3v) is 5.45. The van der Waals surface area contributed by atoms with E-state index in [0.29, 0.717) is 0 Å². The van der Waals surface area contributed by atoms with E-state index in [9.17, 15) is 21.6 Å². The molecule has 9 heteroatoms. The highest BCUT2D eigenvalue weighted by Crippen LogP contribution is 2.38. The van der Waals surface area contributed by atoms with Crippen LogP contribution in [0.15, 0.2) is 28.0 Å². The molecular formula is C7H4NO6S2-. The molecule has 1 aliphatic heterocycles. The predicted octanol–water partition coefficient (Wildman–Crippen LogP) is 0.150. The van der Waals surface area contributed by atoms with Crippen LogP contribution in [0.1, 0.15) is 10.4 Å². The highest BCUT2D eigenvalue weighted by Gasteiger charge is 2.28. The minimum absolute atomic E-state index is 0.311. The normalized spacial score (nSPS) is 20.2. The van der Waals surface area contributed by atoms with Gasteiger partial charge in [-0.25, -0.2) is 21.6 Å². The van der Waals surface area contributed by atoms with Crippen LogP contribution in [0.4, 0.5) is 0 Å². The van der Waals surface area contributed by atoms with E-state index in [4.69, 9.17) is 5.11 Å². The number of hydrogen-bond acceptors (Lipinski definition) is 5. The number of carboxylic acids is 1. The molecule has 1 aromatic rings. The monoisotopic (exact) mass is 262 g/mol. The van der Waals surface area contributed by atoms with Gasteiger partial charge in [-0.3, -0.25) is 0 Å². The number of fused-ring (bicyclic) bond motifs is 1. The van der Waals surface area contributed by atoms with Gasteiger partial charge in [0.05, 0.1) is 15.4 Å². The van der Waals surface area contributed by atoms with Crippen LogP contribution in [-0.2, 0) is 20.0 Å². The second kappa shape index (κ2) is 3.03. The Morgan fingerprint density at radius 3 is 2.19 bits per heavy atom. The summed E-state index contributed by atoms with van der Waals surface area (Å²) in [6, 6.07) is 2.71. The quantitative estimate of drug-likeness (QED) is 0.769. The Bertz CT molecular complexity index is 688. The molecule has 1 aromatic carbocycles. The van der Waals surface area contributed by atoms with Crippen molar-refractivity contribution >= 4 is 26.0 Å². The average molecular weight is 262 g/mol. The van der Waals surface area contributed by atoms with Crippen molar-refractivity contribution in [1.82, 2.24) is 0 Å². The van der Waals surface area contributed by atoms with Gasteiger partial charge >= 0.3 is 5.97 Å². The third kappa shape index (κ3) is 1.49. The smallest absolute Gasteiger partial charge is 0.335 e. The number of benzene rings is 1. The summed E-state index contributed by atoms with van der Waals surface area (Å²) in [6.45, 7) is 0. The Balaban J connectivity index is 2.84. The minimum Gasteiger partial charge on any atom is -0.478 e. The second-order valence-corrected chi connectivity index (χ2v) is 6.37. The lowest BCUT2D eigenvalue weighted by Gasteiger charge is -2.06. The van der Waals surface area contributed by atoms with Crippen LogP contribution in [0.2, 0.25) is 0 Å². The fraction of sp³-hybridized carbons (Fsp3) is 0. The molecule has 0 radical (unpaired) electrons. The Labute approximate surface area is 90.8 Å². The van der Waals surface area contributed by atoms with Crippen LogP contribution in [0.3, 0.4) is 0 Å². The van der Waals surface area contributed by atoms with Gasteiger partial charge in [0.15, 0.2) is 0 Å². The summed E-state index contributed by atoms with van der Waals surface area (Å²) in [5.74, 6) is -1.35. The van der Waals surface area contributed by atoms with E-state index in [1.807, 2.05) is 0 Å². The predicted molar refractivity (Wildman–Crippen MR) is 51.1 cm³/mol. The molecule has 1 aliphatic rings. The van der Waals surface area contributed by atoms with Crippen molar-refractivity contribution in [3.8, 4) is 0 Å². The molecule has 0 saturated heterocycles. The summed E-state index contributed by atoms with van der Waals surface area (Å²) in [5, 5.41) is 8.64. The molecule has 0 fully saturated rings. The first-order chi connectivity index (χ1) is 7.24. The van der Waals surface area contributed by atoms with Gasteiger partial charge in [0.25, 0.3) is 0 Å². The molecule has 0 unspecified atom stereocenters. The number of rotatable bonds is 1. The summed E-state index contributed by atoms with van der Waals surface area (Å²) in [4.78, 5) is 9.52. The maximum atomic E-state index is 11.3. The number of hydrogen-bond donors (Lipinski definition) is 1. The maximum absolute atomic E-state index is 11.3. The van der Waals surface area contributed by atoms with E-state index in [2.05, 4.69) is 4.13 Å². The van der Waals surface area contributed by atoms with Crippen LogP contribution < -0.4 is 0 Å². The SMILES string of the molecule is O=C(O)c1ccc2c(c1)S(=O)(=O)[N-]S2(=O)=O. The van der Waals surface area contributed by atoms with Crippen molar-refractivity contribution in [2.24, 2.45) is 0 Å². The Morgan fingerprint density at radius 1 is 1.06 bits per heavy atom. The van der Waals surface area contributed by atoms with E-state index >= 15 is 0 Å². The van der Waals surface area contributed by atoms with Gasteiger partial charge in [-0.15, -0.1) is 0 Å². The summed E-state index contributed by atoms with van der Waals surface area (Å²) in [7, 11) is -8.51. The standard InChI is InChI=1S/C7H4NO6S2/c9-7(10)4-1-2-5-6(3-4)16(13,14)8-15(5,11)12/h1-3H,(H,9,10)/q-1. The third-order valence-electron chi connectivity index (χ3n) is 1.94. The zero-order valence-electron chi connectivity index (χ0n) is 7.48. The van der Waals surface area contributed by atoms with Gasteiger partial charge in [-0.1, -0.05) is 0 Å². The molecule has 0 aromatic heterocycles. The number of carbonyl (C=O) groups is 1.